The zero-order valence-electron chi connectivity index (χ0n) is 17.8. The van der Waals surface area contributed by atoms with Crippen LogP contribution >= 0.6 is 0 Å². The maximum Gasteiger partial charge on any atom is 0.119 e. The minimum atomic E-state index is 0.778. The van der Waals surface area contributed by atoms with Crippen molar-refractivity contribution >= 4 is 23.8 Å². The predicted molar refractivity (Wildman–Crippen MR) is 128 cm³/mol. The average molecular weight is 422 g/mol. The van der Waals surface area contributed by atoms with Crippen molar-refractivity contribution in [3.63, 3.8) is 0 Å². The van der Waals surface area contributed by atoms with Gasteiger partial charge in [-0.25, -0.2) is 0 Å². The van der Waals surface area contributed by atoms with E-state index in [9.17, 15) is 0 Å². The van der Waals surface area contributed by atoms with E-state index in [1.807, 2.05) is 85.2 Å². The van der Waals surface area contributed by atoms with Gasteiger partial charge in [-0.15, -0.1) is 0 Å². The fourth-order valence-electron chi connectivity index (χ4n) is 2.92. The van der Waals surface area contributed by atoms with E-state index in [0.717, 1.165) is 45.4 Å². The second kappa shape index (κ2) is 10.1. The number of ether oxygens (including phenoxy) is 2. The van der Waals surface area contributed by atoms with Gasteiger partial charge in [0.1, 0.15) is 11.5 Å². The molecule has 0 saturated heterocycles. The van der Waals surface area contributed by atoms with Crippen LogP contribution in [-0.4, -0.2) is 36.6 Å². The average Bonchev–Trinajstić information content (AvgIpc) is 2.87. The number of hydrogen-bond acceptors (Lipinski definition) is 6. The van der Waals surface area contributed by atoms with Crippen LogP contribution in [0.15, 0.2) is 95.2 Å². The first-order chi connectivity index (χ1) is 15.7. The Labute approximate surface area is 187 Å². The molecule has 6 nitrogen and oxygen atoms in total. The summed E-state index contributed by atoms with van der Waals surface area (Å²) in [7, 11) is 3.28. The van der Waals surface area contributed by atoms with E-state index in [1.54, 1.807) is 26.6 Å². The summed E-state index contributed by atoms with van der Waals surface area (Å²) >= 11 is 0. The van der Waals surface area contributed by atoms with Crippen molar-refractivity contribution in [2.75, 3.05) is 14.2 Å². The quantitative estimate of drug-likeness (QED) is 0.360. The number of nitrogens with zero attached hydrogens (tertiary/aromatic N) is 4. The van der Waals surface area contributed by atoms with Crippen LogP contribution in [0.3, 0.4) is 0 Å². The largest absolute Gasteiger partial charge is 0.497 e. The second-order valence-electron chi connectivity index (χ2n) is 6.86. The van der Waals surface area contributed by atoms with Crippen molar-refractivity contribution in [3.05, 3.63) is 96.6 Å². The van der Waals surface area contributed by atoms with Gasteiger partial charge in [-0.3, -0.25) is 20.0 Å². The summed E-state index contributed by atoms with van der Waals surface area (Å²) < 4.78 is 10.3. The molecule has 4 rings (SSSR count). The van der Waals surface area contributed by atoms with E-state index in [0.29, 0.717) is 0 Å². The lowest BCUT2D eigenvalue weighted by Crippen LogP contribution is -1.90. The van der Waals surface area contributed by atoms with Crippen LogP contribution < -0.4 is 9.47 Å². The number of pyridine rings is 2. The molecule has 0 saturated carbocycles. The topological polar surface area (TPSA) is 69.0 Å². The third-order valence-corrected chi connectivity index (χ3v) is 4.74. The lowest BCUT2D eigenvalue weighted by atomic mass is 10.1. The van der Waals surface area contributed by atoms with Crippen LogP contribution in [0.5, 0.6) is 11.5 Å². The predicted octanol–water partition coefficient (Wildman–Crippen LogP) is 5.66. The Kier molecular flexibility index (Phi) is 6.63. The normalized spacial score (nSPS) is 11.2. The van der Waals surface area contributed by atoms with Gasteiger partial charge in [0.15, 0.2) is 0 Å². The van der Waals surface area contributed by atoms with Gasteiger partial charge in [0.2, 0.25) is 0 Å². The lowest BCUT2D eigenvalue weighted by molar-refractivity contribution is 0.415. The monoisotopic (exact) mass is 422 g/mol. The maximum atomic E-state index is 5.16. The third kappa shape index (κ3) is 5.43. The van der Waals surface area contributed by atoms with Crippen molar-refractivity contribution in [1.82, 2.24) is 9.97 Å². The molecule has 2 aromatic carbocycles. The van der Waals surface area contributed by atoms with Crippen LogP contribution in [0.2, 0.25) is 0 Å². The van der Waals surface area contributed by atoms with E-state index in [-0.39, 0.29) is 0 Å². The number of aromatic nitrogens is 2. The lowest BCUT2D eigenvalue weighted by Gasteiger charge is -2.02. The molecule has 158 valence electrons. The molecule has 0 aliphatic carbocycles. The number of aliphatic imine (C=N–C) groups is 2. The Hall–Kier alpha value is -4.32. The summed E-state index contributed by atoms with van der Waals surface area (Å²) in [5, 5.41) is 0. The summed E-state index contributed by atoms with van der Waals surface area (Å²) in [6.45, 7) is 0. The molecule has 2 aromatic heterocycles. The number of hydrogen-bond donors (Lipinski definition) is 0. The van der Waals surface area contributed by atoms with Crippen molar-refractivity contribution < 1.29 is 9.47 Å². The van der Waals surface area contributed by atoms with E-state index in [1.165, 1.54) is 0 Å². The first kappa shape index (κ1) is 20.9. The van der Waals surface area contributed by atoms with Gasteiger partial charge >= 0.3 is 0 Å². The molecule has 6 heteroatoms. The van der Waals surface area contributed by atoms with Crippen LogP contribution in [0.4, 0.5) is 11.4 Å². The van der Waals surface area contributed by atoms with Crippen LogP contribution in [-0.2, 0) is 0 Å². The molecule has 0 amide bonds. The van der Waals surface area contributed by atoms with Crippen LogP contribution in [0.25, 0.3) is 11.1 Å². The molecule has 0 atom stereocenters. The van der Waals surface area contributed by atoms with E-state index in [4.69, 9.17) is 9.47 Å². The summed E-state index contributed by atoms with van der Waals surface area (Å²) in [5.74, 6) is 1.61. The Balaban J connectivity index is 1.40. The Morgan fingerprint density at radius 3 is 1.28 bits per heavy atom. The molecule has 32 heavy (non-hydrogen) atoms. The zero-order chi connectivity index (χ0) is 22.2. The highest BCUT2D eigenvalue weighted by atomic mass is 16.5. The first-order valence-electron chi connectivity index (χ1n) is 10.0. The summed E-state index contributed by atoms with van der Waals surface area (Å²) in [5.41, 5.74) is 5.21. The second-order valence-corrected chi connectivity index (χ2v) is 6.86. The van der Waals surface area contributed by atoms with Gasteiger partial charge in [-0.1, -0.05) is 12.1 Å². The van der Waals surface area contributed by atoms with Crippen molar-refractivity contribution in [2.45, 2.75) is 0 Å². The molecule has 2 heterocycles. The molecule has 0 unspecified atom stereocenters. The molecule has 0 bridgehead atoms. The molecule has 4 aromatic rings. The maximum absolute atomic E-state index is 5.16. The Morgan fingerprint density at radius 1 is 0.562 bits per heavy atom. The standard InChI is InChI=1S/C26H22N4O2/c1-31-25-11-7-21(8-12-25)29-17-23-5-3-19(15-27-23)20-4-6-24(28-16-20)18-30-22-9-13-26(32-2)14-10-22/h3-18H,1-2H3. The highest BCUT2D eigenvalue weighted by Gasteiger charge is 2.00. The van der Waals surface area contributed by atoms with Crippen LogP contribution in [0, 0.1) is 0 Å². The highest BCUT2D eigenvalue weighted by molar-refractivity contribution is 5.81. The summed E-state index contributed by atoms with van der Waals surface area (Å²) in [4.78, 5) is 17.8. The highest BCUT2D eigenvalue weighted by Crippen LogP contribution is 2.20. The number of benzene rings is 2. The minimum absolute atomic E-state index is 0.778. The molecular weight excluding hydrogens is 400 g/mol. The number of rotatable bonds is 7. The molecule has 0 N–H and O–H groups in total. The fourth-order valence-corrected chi connectivity index (χ4v) is 2.92. The molecule has 0 fully saturated rings. The van der Waals surface area contributed by atoms with Gasteiger partial charge in [-0.05, 0) is 60.7 Å². The minimum Gasteiger partial charge on any atom is -0.497 e. The van der Waals surface area contributed by atoms with Gasteiger partial charge in [0.25, 0.3) is 0 Å². The van der Waals surface area contributed by atoms with Crippen LogP contribution in [0.1, 0.15) is 11.4 Å². The van der Waals surface area contributed by atoms with Gasteiger partial charge in [-0.2, -0.15) is 0 Å². The van der Waals surface area contributed by atoms with Crippen molar-refractivity contribution in [3.8, 4) is 22.6 Å². The van der Waals surface area contributed by atoms with Crippen molar-refractivity contribution in [2.24, 2.45) is 9.98 Å². The van der Waals surface area contributed by atoms with E-state index >= 15 is 0 Å². The smallest absolute Gasteiger partial charge is 0.119 e. The molecule has 0 aliphatic heterocycles. The van der Waals surface area contributed by atoms with Crippen molar-refractivity contribution in [1.29, 1.82) is 0 Å². The van der Waals surface area contributed by atoms with Gasteiger partial charge < -0.3 is 9.47 Å². The zero-order valence-corrected chi connectivity index (χ0v) is 17.8. The third-order valence-electron chi connectivity index (χ3n) is 4.74. The van der Waals surface area contributed by atoms with E-state index < -0.39 is 0 Å². The molecule has 0 spiro atoms. The van der Waals surface area contributed by atoms with E-state index in [2.05, 4.69) is 20.0 Å². The summed E-state index contributed by atoms with van der Waals surface area (Å²) in [6.07, 6.45) is 7.11. The number of methoxy groups -OCH3 is 2. The summed E-state index contributed by atoms with van der Waals surface area (Å²) in [6, 6.07) is 23.0. The first-order valence-corrected chi connectivity index (χ1v) is 10.0. The Bertz CT molecular complexity index is 1100. The SMILES string of the molecule is COc1ccc(N=Cc2ccc(-c3ccc(C=Nc4ccc(OC)cc4)nc3)cn2)cc1. The molecule has 0 aliphatic rings. The molecular formula is C26H22N4O2. The van der Waals surface area contributed by atoms with Gasteiger partial charge in [0.05, 0.1) is 49.4 Å². The van der Waals surface area contributed by atoms with Gasteiger partial charge in [0, 0.05) is 23.5 Å². The fraction of sp³-hybridized carbons (Fsp3) is 0.0769. The molecule has 0 radical (unpaired) electrons. The Morgan fingerprint density at radius 2 is 0.969 bits per heavy atom.